The van der Waals surface area contributed by atoms with Crippen LogP contribution in [0.2, 0.25) is 0 Å². The second kappa shape index (κ2) is 4.97. The van der Waals surface area contributed by atoms with Crippen molar-refractivity contribution >= 4 is 18.1 Å². The zero-order valence-electron chi connectivity index (χ0n) is 7.67. The van der Waals surface area contributed by atoms with Crippen LogP contribution in [0.25, 0.3) is 0 Å². The molecule has 2 N–H and O–H groups in total. The second-order valence-electron chi connectivity index (χ2n) is 2.46. The molecule has 7 heteroatoms. The quantitative estimate of drug-likeness (QED) is 0.812. The van der Waals surface area contributed by atoms with E-state index in [4.69, 9.17) is 5.73 Å². The Hall–Kier alpha value is -1.30. The van der Waals surface area contributed by atoms with Gasteiger partial charge in [0.1, 0.15) is 0 Å². The minimum absolute atomic E-state index is 0. The minimum atomic E-state index is -4.75. The summed E-state index contributed by atoms with van der Waals surface area (Å²) in [7, 11) is 1.24. The highest BCUT2D eigenvalue weighted by molar-refractivity contribution is 5.85. The maximum absolute atomic E-state index is 11.9. The standard InChI is InChI=1S/C8H8F3NO2.ClH/c1-13-6-3-2-5(12)4-7(6)14-8(9,10)11;/h2-4H,12H2,1H3;1H. The number of alkyl halides is 3. The van der Waals surface area contributed by atoms with Gasteiger partial charge in [0.2, 0.25) is 0 Å². The molecule has 15 heavy (non-hydrogen) atoms. The highest BCUT2D eigenvalue weighted by Crippen LogP contribution is 2.33. The molecule has 0 radical (unpaired) electrons. The van der Waals surface area contributed by atoms with Crippen LogP contribution in [0.3, 0.4) is 0 Å². The van der Waals surface area contributed by atoms with Crippen molar-refractivity contribution in [2.75, 3.05) is 12.8 Å². The van der Waals surface area contributed by atoms with Crippen LogP contribution in [0, 0.1) is 0 Å². The van der Waals surface area contributed by atoms with Gasteiger partial charge in [0.05, 0.1) is 7.11 Å². The molecule has 0 saturated carbocycles. The summed E-state index contributed by atoms with van der Waals surface area (Å²) in [6.45, 7) is 0. The van der Waals surface area contributed by atoms with Gasteiger partial charge in [-0.05, 0) is 12.1 Å². The van der Waals surface area contributed by atoms with E-state index in [9.17, 15) is 13.2 Å². The van der Waals surface area contributed by atoms with E-state index in [-0.39, 0.29) is 23.8 Å². The Balaban J connectivity index is 0.00000196. The van der Waals surface area contributed by atoms with Gasteiger partial charge in [0.25, 0.3) is 0 Å². The van der Waals surface area contributed by atoms with Crippen molar-refractivity contribution in [3.8, 4) is 11.5 Å². The van der Waals surface area contributed by atoms with E-state index < -0.39 is 12.1 Å². The molecule has 0 saturated heterocycles. The zero-order chi connectivity index (χ0) is 10.8. The van der Waals surface area contributed by atoms with E-state index in [1.165, 1.54) is 19.2 Å². The topological polar surface area (TPSA) is 44.5 Å². The predicted molar refractivity (Wildman–Crippen MR) is 51.3 cm³/mol. The zero-order valence-corrected chi connectivity index (χ0v) is 8.48. The lowest BCUT2D eigenvalue weighted by Gasteiger charge is -2.12. The summed E-state index contributed by atoms with van der Waals surface area (Å²) < 4.78 is 44.0. The van der Waals surface area contributed by atoms with Crippen molar-refractivity contribution in [2.24, 2.45) is 0 Å². The van der Waals surface area contributed by atoms with Gasteiger partial charge in [-0.25, -0.2) is 0 Å². The van der Waals surface area contributed by atoms with Gasteiger partial charge in [0.15, 0.2) is 11.5 Å². The van der Waals surface area contributed by atoms with Gasteiger partial charge >= 0.3 is 6.36 Å². The predicted octanol–water partition coefficient (Wildman–Crippen LogP) is 2.60. The van der Waals surface area contributed by atoms with Crippen molar-refractivity contribution in [2.45, 2.75) is 6.36 Å². The fraction of sp³-hybridized carbons (Fsp3) is 0.250. The van der Waals surface area contributed by atoms with E-state index in [0.717, 1.165) is 6.07 Å². The van der Waals surface area contributed by atoms with Crippen LogP contribution < -0.4 is 15.2 Å². The molecule has 0 bridgehead atoms. The number of anilines is 1. The second-order valence-corrected chi connectivity index (χ2v) is 2.46. The Morgan fingerprint density at radius 1 is 1.20 bits per heavy atom. The van der Waals surface area contributed by atoms with E-state index in [1.54, 1.807) is 0 Å². The average Bonchev–Trinajstić information content (AvgIpc) is 2.01. The molecule has 0 aliphatic carbocycles. The summed E-state index contributed by atoms with van der Waals surface area (Å²) in [4.78, 5) is 0. The Bertz CT molecular complexity index is 330. The largest absolute Gasteiger partial charge is 0.573 e. The smallest absolute Gasteiger partial charge is 0.493 e. The molecule has 0 fully saturated rings. The van der Waals surface area contributed by atoms with Gasteiger partial charge in [-0.2, -0.15) is 0 Å². The summed E-state index contributed by atoms with van der Waals surface area (Å²) in [5.74, 6) is -0.462. The lowest BCUT2D eigenvalue weighted by atomic mass is 10.3. The molecule has 86 valence electrons. The number of methoxy groups -OCH3 is 1. The van der Waals surface area contributed by atoms with E-state index in [2.05, 4.69) is 9.47 Å². The third-order valence-corrected chi connectivity index (χ3v) is 1.41. The summed E-state index contributed by atoms with van der Waals surface area (Å²) in [5.41, 5.74) is 5.47. The number of hydrogen-bond acceptors (Lipinski definition) is 3. The molecule has 0 spiro atoms. The molecule has 0 atom stereocenters. The van der Waals surface area contributed by atoms with Crippen molar-refractivity contribution in [1.29, 1.82) is 0 Å². The number of nitrogen functional groups attached to an aromatic ring is 1. The number of hydrogen-bond donors (Lipinski definition) is 1. The van der Waals surface area contributed by atoms with Gasteiger partial charge in [-0.1, -0.05) is 0 Å². The van der Waals surface area contributed by atoms with Gasteiger partial charge < -0.3 is 15.2 Å². The van der Waals surface area contributed by atoms with Crippen molar-refractivity contribution in [3.05, 3.63) is 18.2 Å². The number of benzene rings is 1. The number of nitrogens with two attached hydrogens (primary N) is 1. The molecule has 0 unspecified atom stereocenters. The van der Waals surface area contributed by atoms with Crippen LogP contribution in [0.1, 0.15) is 0 Å². The van der Waals surface area contributed by atoms with Crippen molar-refractivity contribution in [1.82, 2.24) is 0 Å². The molecule has 0 aromatic heterocycles. The first kappa shape index (κ1) is 13.7. The van der Waals surface area contributed by atoms with Gasteiger partial charge in [-0.15, -0.1) is 25.6 Å². The van der Waals surface area contributed by atoms with Crippen LogP contribution in [-0.4, -0.2) is 13.5 Å². The molecule has 0 aliphatic heterocycles. The first-order valence-electron chi connectivity index (χ1n) is 3.61. The fourth-order valence-corrected chi connectivity index (χ4v) is 0.898. The molecule has 1 aromatic rings. The third kappa shape index (κ3) is 4.16. The lowest BCUT2D eigenvalue weighted by molar-refractivity contribution is -0.275. The molecular weight excluding hydrogens is 235 g/mol. The molecule has 0 heterocycles. The number of rotatable bonds is 2. The molecule has 1 aromatic carbocycles. The molecular formula is C8H9ClF3NO2. The molecule has 1 rings (SSSR count). The Kier molecular flexibility index (Phi) is 4.54. The van der Waals surface area contributed by atoms with E-state index in [1.807, 2.05) is 0 Å². The first-order chi connectivity index (χ1) is 6.42. The normalized spacial score (nSPS) is 10.4. The third-order valence-electron chi connectivity index (χ3n) is 1.41. The fourth-order valence-electron chi connectivity index (χ4n) is 0.898. The van der Waals surface area contributed by atoms with Gasteiger partial charge in [0, 0.05) is 11.8 Å². The number of halogens is 4. The number of ether oxygens (including phenoxy) is 2. The van der Waals surface area contributed by atoms with Crippen LogP contribution in [0.5, 0.6) is 11.5 Å². The van der Waals surface area contributed by atoms with Crippen LogP contribution >= 0.6 is 12.4 Å². The minimum Gasteiger partial charge on any atom is -0.493 e. The highest BCUT2D eigenvalue weighted by atomic mass is 35.5. The summed E-state index contributed by atoms with van der Waals surface area (Å²) in [6, 6.07) is 3.77. The molecule has 0 amide bonds. The van der Waals surface area contributed by atoms with Crippen molar-refractivity contribution < 1.29 is 22.6 Å². The Labute approximate surface area is 90.4 Å². The monoisotopic (exact) mass is 243 g/mol. The Morgan fingerprint density at radius 3 is 2.27 bits per heavy atom. The van der Waals surface area contributed by atoms with Gasteiger partial charge in [-0.3, -0.25) is 0 Å². The summed E-state index contributed by atoms with van der Waals surface area (Å²) in [6.07, 6.45) is -4.75. The molecule has 3 nitrogen and oxygen atoms in total. The first-order valence-corrected chi connectivity index (χ1v) is 3.61. The van der Waals surface area contributed by atoms with E-state index in [0.29, 0.717) is 0 Å². The summed E-state index contributed by atoms with van der Waals surface area (Å²) >= 11 is 0. The summed E-state index contributed by atoms with van der Waals surface area (Å²) in [5, 5.41) is 0. The van der Waals surface area contributed by atoms with Crippen LogP contribution in [-0.2, 0) is 0 Å². The van der Waals surface area contributed by atoms with Crippen molar-refractivity contribution in [3.63, 3.8) is 0 Å². The molecule has 0 aliphatic rings. The Morgan fingerprint density at radius 2 is 1.80 bits per heavy atom. The highest BCUT2D eigenvalue weighted by Gasteiger charge is 2.32. The van der Waals surface area contributed by atoms with Crippen LogP contribution in [0.15, 0.2) is 18.2 Å². The van der Waals surface area contributed by atoms with Crippen LogP contribution in [0.4, 0.5) is 18.9 Å². The maximum Gasteiger partial charge on any atom is 0.573 e. The lowest BCUT2D eigenvalue weighted by Crippen LogP contribution is -2.17. The van der Waals surface area contributed by atoms with E-state index >= 15 is 0 Å². The maximum atomic E-state index is 11.9. The average molecular weight is 244 g/mol. The SMILES string of the molecule is COc1ccc(N)cc1OC(F)(F)F.Cl.